The van der Waals surface area contributed by atoms with Gasteiger partial charge in [-0.1, -0.05) is 17.8 Å². The molecule has 0 saturated carbocycles. The summed E-state index contributed by atoms with van der Waals surface area (Å²) in [6, 6.07) is 4.29. The molecule has 1 heterocycles. The van der Waals surface area contributed by atoms with Gasteiger partial charge in [-0.2, -0.15) is 0 Å². The average Bonchev–Trinajstić information content (AvgIpc) is 2.90. The van der Waals surface area contributed by atoms with Crippen LogP contribution in [0.3, 0.4) is 0 Å². The fraction of sp³-hybridized carbons (Fsp3) is 0.467. The molecule has 1 atom stereocenters. The molecular weight excluding hydrogens is 307 g/mol. The van der Waals surface area contributed by atoms with E-state index in [-0.39, 0.29) is 29.4 Å². The number of carbonyl (C=O) groups excluding carboxylic acids is 2. The van der Waals surface area contributed by atoms with Gasteiger partial charge >= 0.3 is 0 Å². The van der Waals surface area contributed by atoms with Crippen molar-refractivity contribution in [1.29, 1.82) is 0 Å². The Labute approximate surface area is 133 Å². The first kappa shape index (κ1) is 16.6. The molecule has 1 aliphatic rings. The zero-order valence-corrected chi connectivity index (χ0v) is 13.4. The molecule has 5 nitrogen and oxygen atoms in total. The van der Waals surface area contributed by atoms with Gasteiger partial charge < -0.3 is 15.0 Å². The lowest BCUT2D eigenvalue weighted by Crippen LogP contribution is -2.32. The smallest absolute Gasteiger partial charge is 0.281 e. The molecule has 1 unspecified atom stereocenters. The largest absolute Gasteiger partial charge is 0.494 e. The number of nitrogens with one attached hydrogen (secondary N) is 1. The lowest BCUT2D eigenvalue weighted by Gasteiger charge is -2.17. The number of ether oxygens (including phenoxy) is 1. The Morgan fingerprint density at radius 1 is 1.55 bits per heavy atom. The molecule has 1 N–H and O–H groups in total. The second-order valence-electron chi connectivity index (χ2n) is 5.03. The Morgan fingerprint density at radius 2 is 2.32 bits per heavy atom. The van der Waals surface area contributed by atoms with Crippen LogP contribution in [0.1, 0.15) is 24.9 Å². The van der Waals surface area contributed by atoms with Gasteiger partial charge in [-0.3, -0.25) is 9.59 Å². The van der Waals surface area contributed by atoms with E-state index in [1.54, 1.807) is 17.9 Å². The highest BCUT2D eigenvalue weighted by Gasteiger charge is 2.21. The maximum atomic E-state index is 13.7. The van der Waals surface area contributed by atoms with Crippen LogP contribution >= 0.6 is 11.8 Å². The van der Waals surface area contributed by atoms with E-state index in [0.29, 0.717) is 18.7 Å². The summed E-state index contributed by atoms with van der Waals surface area (Å²) in [7, 11) is 1.40. The van der Waals surface area contributed by atoms with Gasteiger partial charge in [0.05, 0.1) is 13.2 Å². The Kier molecular flexibility index (Phi) is 5.65. The zero-order valence-electron chi connectivity index (χ0n) is 12.6. The van der Waals surface area contributed by atoms with Gasteiger partial charge in [-0.05, 0) is 24.6 Å². The molecule has 22 heavy (non-hydrogen) atoms. The summed E-state index contributed by atoms with van der Waals surface area (Å²) in [5.41, 5.74) is 0.666. The SMILES string of the molecule is COc1ccc(C(C)NC(=O)CCN2CCSC2=O)cc1F. The molecular formula is C15H19FN2O3S. The highest BCUT2D eigenvalue weighted by Crippen LogP contribution is 2.22. The minimum Gasteiger partial charge on any atom is -0.494 e. The molecule has 0 aliphatic carbocycles. The highest BCUT2D eigenvalue weighted by atomic mass is 32.2. The summed E-state index contributed by atoms with van der Waals surface area (Å²) in [5.74, 6) is 0.337. The molecule has 2 rings (SSSR count). The lowest BCUT2D eigenvalue weighted by molar-refractivity contribution is -0.121. The standard InChI is InChI=1S/C15H19FN2O3S/c1-10(11-3-4-13(21-2)12(16)9-11)17-14(19)5-6-18-7-8-22-15(18)20/h3-4,9-10H,5-8H2,1-2H3,(H,17,19). The topological polar surface area (TPSA) is 58.6 Å². The highest BCUT2D eigenvalue weighted by molar-refractivity contribution is 8.13. The van der Waals surface area contributed by atoms with E-state index >= 15 is 0 Å². The van der Waals surface area contributed by atoms with E-state index in [4.69, 9.17) is 4.74 Å². The fourth-order valence-corrected chi connectivity index (χ4v) is 3.07. The van der Waals surface area contributed by atoms with Crippen LogP contribution in [-0.4, -0.2) is 42.0 Å². The van der Waals surface area contributed by atoms with Gasteiger partial charge in [-0.15, -0.1) is 0 Å². The number of carbonyl (C=O) groups is 2. The number of hydrogen-bond acceptors (Lipinski definition) is 4. The third-order valence-electron chi connectivity index (χ3n) is 3.51. The van der Waals surface area contributed by atoms with Crippen molar-refractivity contribution in [2.75, 3.05) is 26.0 Å². The van der Waals surface area contributed by atoms with Crippen molar-refractivity contribution in [1.82, 2.24) is 10.2 Å². The number of rotatable bonds is 6. The molecule has 1 saturated heterocycles. The molecule has 2 amide bonds. The monoisotopic (exact) mass is 326 g/mol. The second kappa shape index (κ2) is 7.49. The predicted molar refractivity (Wildman–Crippen MR) is 83.6 cm³/mol. The number of halogens is 1. The second-order valence-corrected chi connectivity index (χ2v) is 6.08. The predicted octanol–water partition coefficient (Wildman–Crippen LogP) is 2.57. The number of hydrogen-bond donors (Lipinski definition) is 1. The number of amides is 2. The average molecular weight is 326 g/mol. The molecule has 0 aromatic heterocycles. The molecule has 7 heteroatoms. The summed E-state index contributed by atoms with van der Waals surface area (Å²) >= 11 is 1.27. The maximum absolute atomic E-state index is 13.7. The molecule has 0 radical (unpaired) electrons. The Morgan fingerprint density at radius 3 is 2.91 bits per heavy atom. The summed E-state index contributed by atoms with van der Waals surface area (Å²) in [6.07, 6.45) is 0.245. The summed E-state index contributed by atoms with van der Waals surface area (Å²) in [5, 5.41) is 2.83. The van der Waals surface area contributed by atoms with Crippen molar-refractivity contribution in [2.45, 2.75) is 19.4 Å². The Hall–Kier alpha value is -1.76. The molecule has 1 fully saturated rings. The number of nitrogens with zero attached hydrogens (tertiary/aromatic N) is 1. The van der Waals surface area contributed by atoms with Crippen molar-refractivity contribution in [2.24, 2.45) is 0 Å². The Bertz CT molecular complexity index is 568. The van der Waals surface area contributed by atoms with E-state index < -0.39 is 5.82 Å². The van der Waals surface area contributed by atoms with Gasteiger partial charge in [-0.25, -0.2) is 4.39 Å². The van der Waals surface area contributed by atoms with Gasteiger partial charge in [0.15, 0.2) is 11.6 Å². The zero-order chi connectivity index (χ0) is 16.1. The van der Waals surface area contributed by atoms with Crippen LogP contribution < -0.4 is 10.1 Å². The maximum Gasteiger partial charge on any atom is 0.281 e. The van der Waals surface area contributed by atoms with E-state index in [1.807, 2.05) is 0 Å². The summed E-state index contributed by atoms with van der Waals surface area (Å²) in [6.45, 7) is 2.90. The molecule has 120 valence electrons. The first-order chi connectivity index (χ1) is 10.5. The number of benzene rings is 1. The quantitative estimate of drug-likeness (QED) is 0.873. The van der Waals surface area contributed by atoms with Gasteiger partial charge in [0.2, 0.25) is 5.91 Å². The lowest BCUT2D eigenvalue weighted by atomic mass is 10.1. The van der Waals surface area contributed by atoms with Crippen LogP contribution in [0.5, 0.6) is 5.75 Å². The van der Waals surface area contributed by atoms with E-state index in [1.165, 1.54) is 31.0 Å². The molecule has 0 bridgehead atoms. The van der Waals surface area contributed by atoms with Gasteiger partial charge in [0.25, 0.3) is 5.24 Å². The summed E-state index contributed by atoms with van der Waals surface area (Å²) in [4.78, 5) is 25.0. The van der Waals surface area contributed by atoms with Crippen molar-refractivity contribution < 1.29 is 18.7 Å². The van der Waals surface area contributed by atoms with E-state index in [9.17, 15) is 14.0 Å². The van der Waals surface area contributed by atoms with Crippen molar-refractivity contribution >= 4 is 22.9 Å². The van der Waals surface area contributed by atoms with E-state index in [2.05, 4.69) is 5.32 Å². The first-order valence-electron chi connectivity index (χ1n) is 7.05. The third-order valence-corrected chi connectivity index (χ3v) is 4.40. The minimum absolute atomic E-state index is 0.0260. The number of thioether (sulfide) groups is 1. The normalized spacial score (nSPS) is 15.8. The van der Waals surface area contributed by atoms with Crippen molar-refractivity contribution in [3.8, 4) is 5.75 Å². The third kappa shape index (κ3) is 4.13. The van der Waals surface area contributed by atoms with Crippen LogP contribution in [0.2, 0.25) is 0 Å². The van der Waals surface area contributed by atoms with Crippen molar-refractivity contribution in [3.63, 3.8) is 0 Å². The van der Waals surface area contributed by atoms with E-state index in [0.717, 1.165) is 5.75 Å². The van der Waals surface area contributed by atoms with Gasteiger partial charge in [0.1, 0.15) is 0 Å². The molecule has 0 spiro atoms. The van der Waals surface area contributed by atoms with Crippen LogP contribution in [-0.2, 0) is 4.79 Å². The fourth-order valence-electron chi connectivity index (χ4n) is 2.21. The summed E-state index contributed by atoms with van der Waals surface area (Å²) < 4.78 is 18.5. The van der Waals surface area contributed by atoms with Crippen LogP contribution in [0.15, 0.2) is 18.2 Å². The van der Waals surface area contributed by atoms with Crippen LogP contribution in [0, 0.1) is 5.82 Å². The van der Waals surface area contributed by atoms with Crippen molar-refractivity contribution in [3.05, 3.63) is 29.6 Å². The minimum atomic E-state index is -0.458. The molecule has 1 aromatic rings. The number of methoxy groups -OCH3 is 1. The van der Waals surface area contributed by atoms with Gasteiger partial charge in [0, 0.05) is 25.3 Å². The molecule has 1 aromatic carbocycles. The molecule has 1 aliphatic heterocycles. The van der Waals surface area contributed by atoms with Crippen LogP contribution in [0.4, 0.5) is 9.18 Å². The Balaban J connectivity index is 1.85. The first-order valence-corrected chi connectivity index (χ1v) is 8.04. The van der Waals surface area contributed by atoms with Crippen LogP contribution in [0.25, 0.3) is 0 Å².